The van der Waals surface area contributed by atoms with E-state index in [-0.39, 0.29) is 6.04 Å². The zero-order valence-electron chi connectivity index (χ0n) is 19.8. The Hall–Kier alpha value is -2.27. The van der Waals surface area contributed by atoms with Crippen LogP contribution in [0, 0.1) is 12.3 Å². The molecule has 31 heavy (non-hydrogen) atoms. The number of aryl methyl sites for hydroxylation is 1. The van der Waals surface area contributed by atoms with Crippen LogP contribution in [0.3, 0.4) is 0 Å². The van der Waals surface area contributed by atoms with Crippen molar-refractivity contribution in [3.05, 3.63) is 87.2 Å². The van der Waals surface area contributed by atoms with Gasteiger partial charge in [0.05, 0.1) is 5.71 Å². The molecule has 168 valence electrons. The SMILES string of the molecule is C=CC1=CCC(N)C(C(=N)/C=C/c2sccc2C)=C1CC.CC.CNCC1=CC=CC1. The number of thiophene rings is 1. The highest BCUT2D eigenvalue weighted by Gasteiger charge is 2.21. The molecule has 0 fully saturated rings. The second-order valence-electron chi connectivity index (χ2n) is 7.15. The van der Waals surface area contributed by atoms with E-state index in [1.807, 2.05) is 39.1 Å². The lowest BCUT2D eigenvalue weighted by Crippen LogP contribution is -2.30. The molecule has 3 nitrogen and oxygen atoms in total. The summed E-state index contributed by atoms with van der Waals surface area (Å²) in [6.07, 6.45) is 17.1. The molecule has 3 rings (SSSR count). The van der Waals surface area contributed by atoms with Crippen LogP contribution in [0.25, 0.3) is 6.08 Å². The molecule has 0 amide bonds. The Labute approximate surface area is 193 Å². The normalized spacial score (nSPS) is 17.4. The smallest absolute Gasteiger partial charge is 0.0591 e. The summed E-state index contributed by atoms with van der Waals surface area (Å²) in [5.41, 5.74) is 12.7. The van der Waals surface area contributed by atoms with E-state index in [0.29, 0.717) is 5.71 Å². The molecular weight excluding hydrogens is 398 g/mol. The number of hydrogen-bond acceptors (Lipinski definition) is 4. The Morgan fingerprint density at radius 1 is 1.39 bits per heavy atom. The molecule has 0 radical (unpaired) electrons. The minimum absolute atomic E-state index is 0.0924. The molecule has 1 aromatic heterocycles. The van der Waals surface area contributed by atoms with E-state index in [9.17, 15) is 0 Å². The molecule has 0 saturated heterocycles. The molecule has 2 aliphatic rings. The lowest BCUT2D eigenvalue weighted by atomic mass is 9.83. The van der Waals surface area contributed by atoms with E-state index in [1.165, 1.54) is 16.0 Å². The third-order valence-electron chi connectivity index (χ3n) is 5.05. The van der Waals surface area contributed by atoms with Crippen LogP contribution >= 0.6 is 11.3 Å². The minimum atomic E-state index is -0.0924. The molecular formula is C27H39N3S. The number of hydrogen-bond donors (Lipinski definition) is 3. The Morgan fingerprint density at radius 3 is 2.65 bits per heavy atom. The molecule has 1 heterocycles. The summed E-state index contributed by atoms with van der Waals surface area (Å²) in [6, 6.07) is 2.00. The van der Waals surface area contributed by atoms with Crippen LogP contribution < -0.4 is 11.1 Å². The van der Waals surface area contributed by atoms with Crippen molar-refractivity contribution >= 4 is 23.1 Å². The Bertz CT molecular complexity index is 878. The Kier molecular flexibility index (Phi) is 12.7. The first kappa shape index (κ1) is 26.8. The highest BCUT2D eigenvalue weighted by molar-refractivity contribution is 7.11. The third-order valence-corrected chi connectivity index (χ3v) is 6.04. The molecule has 4 heteroatoms. The van der Waals surface area contributed by atoms with Crippen molar-refractivity contribution in [3.8, 4) is 0 Å². The maximum absolute atomic E-state index is 8.40. The van der Waals surface area contributed by atoms with Gasteiger partial charge in [-0.1, -0.05) is 63.3 Å². The fourth-order valence-corrected chi connectivity index (χ4v) is 4.31. The van der Waals surface area contributed by atoms with Crippen LogP contribution in [-0.4, -0.2) is 25.3 Å². The molecule has 0 bridgehead atoms. The first-order valence-electron chi connectivity index (χ1n) is 11.1. The summed E-state index contributed by atoms with van der Waals surface area (Å²) >= 11 is 1.69. The average Bonchev–Trinajstić information content (AvgIpc) is 3.45. The van der Waals surface area contributed by atoms with Gasteiger partial charge in [-0.3, -0.25) is 0 Å². The van der Waals surface area contributed by atoms with E-state index in [4.69, 9.17) is 11.1 Å². The number of rotatable bonds is 7. The van der Waals surface area contributed by atoms with E-state index in [0.717, 1.165) is 42.5 Å². The van der Waals surface area contributed by atoms with Gasteiger partial charge in [0.25, 0.3) is 0 Å². The number of nitrogens with two attached hydrogens (primary N) is 1. The second-order valence-corrected chi connectivity index (χ2v) is 8.10. The molecule has 2 aliphatic carbocycles. The number of nitrogens with one attached hydrogen (secondary N) is 2. The third kappa shape index (κ3) is 8.06. The molecule has 1 unspecified atom stereocenters. The van der Waals surface area contributed by atoms with Gasteiger partial charge < -0.3 is 16.5 Å². The molecule has 0 aliphatic heterocycles. The van der Waals surface area contributed by atoms with E-state index in [1.54, 1.807) is 11.3 Å². The van der Waals surface area contributed by atoms with Crippen molar-refractivity contribution < 1.29 is 0 Å². The highest BCUT2D eigenvalue weighted by atomic mass is 32.1. The van der Waals surface area contributed by atoms with Crippen molar-refractivity contribution in [2.45, 2.75) is 53.0 Å². The van der Waals surface area contributed by atoms with E-state index < -0.39 is 0 Å². The fraction of sp³-hybridized carbons (Fsp3) is 0.370. The van der Waals surface area contributed by atoms with Crippen molar-refractivity contribution in [1.82, 2.24) is 5.32 Å². The van der Waals surface area contributed by atoms with Crippen LogP contribution in [-0.2, 0) is 0 Å². The van der Waals surface area contributed by atoms with Crippen LogP contribution in [0.2, 0.25) is 0 Å². The van der Waals surface area contributed by atoms with Gasteiger partial charge in [-0.05, 0) is 79.1 Å². The van der Waals surface area contributed by atoms with Crippen LogP contribution in [0.4, 0.5) is 0 Å². The van der Waals surface area contributed by atoms with E-state index in [2.05, 4.69) is 61.5 Å². The summed E-state index contributed by atoms with van der Waals surface area (Å²) in [6.45, 7) is 13.1. The van der Waals surface area contributed by atoms with Gasteiger partial charge >= 0.3 is 0 Å². The van der Waals surface area contributed by atoms with Gasteiger partial charge in [0.2, 0.25) is 0 Å². The molecule has 4 N–H and O–H groups in total. The predicted octanol–water partition coefficient (Wildman–Crippen LogP) is 6.76. The molecule has 1 aromatic rings. The highest BCUT2D eigenvalue weighted by Crippen LogP contribution is 2.29. The monoisotopic (exact) mass is 437 g/mol. The van der Waals surface area contributed by atoms with Crippen LogP contribution in [0.15, 0.2) is 76.8 Å². The van der Waals surface area contributed by atoms with Crippen molar-refractivity contribution in [3.63, 3.8) is 0 Å². The second kappa shape index (κ2) is 14.7. The summed E-state index contributed by atoms with van der Waals surface area (Å²) in [5, 5.41) is 13.6. The first-order valence-corrected chi connectivity index (χ1v) is 12.0. The van der Waals surface area contributed by atoms with Gasteiger partial charge in [0.1, 0.15) is 0 Å². The Morgan fingerprint density at radius 2 is 2.13 bits per heavy atom. The zero-order valence-corrected chi connectivity index (χ0v) is 20.6. The van der Waals surface area contributed by atoms with Crippen LogP contribution in [0.1, 0.15) is 50.5 Å². The molecule has 0 saturated carbocycles. The average molecular weight is 438 g/mol. The van der Waals surface area contributed by atoms with Crippen molar-refractivity contribution in [1.29, 1.82) is 5.41 Å². The number of likely N-dealkylation sites (N-methyl/N-ethyl adjacent to an activating group) is 1. The minimum Gasteiger partial charge on any atom is -0.324 e. The summed E-state index contributed by atoms with van der Waals surface area (Å²) in [7, 11) is 1.97. The standard InChI is InChI=1S/C18H22N2S.C7H11N.C2H6/c1-4-13-6-7-15(19)18(14(13)5-2)16(20)8-9-17-12(3)10-11-21-17;1-8-6-7-4-2-3-5-7;1-2/h4,6,8-11,15,20H,1,5,7,19H2,2-3H3;2-4,8H,5-6H2,1H3;1-2H3/b9-8+,20-16?;;. The topological polar surface area (TPSA) is 61.9 Å². The zero-order chi connectivity index (χ0) is 23.2. The van der Waals surface area contributed by atoms with Crippen molar-refractivity contribution in [2.75, 3.05) is 13.6 Å². The van der Waals surface area contributed by atoms with Gasteiger partial charge in [-0.25, -0.2) is 0 Å². The Balaban J connectivity index is 0.000000400. The van der Waals surface area contributed by atoms with Crippen LogP contribution in [0.5, 0.6) is 0 Å². The lowest BCUT2D eigenvalue weighted by molar-refractivity contribution is 0.777. The van der Waals surface area contributed by atoms with Gasteiger partial charge in [0, 0.05) is 17.5 Å². The molecule has 0 spiro atoms. The lowest BCUT2D eigenvalue weighted by Gasteiger charge is -2.24. The fourth-order valence-electron chi connectivity index (χ4n) is 3.49. The van der Waals surface area contributed by atoms with Crippen molar-refractivity contribution in [2.24, 2.45) is 5.73 Å². The maximum Gasteiger partial charge on any atom is 0.0591 e. The molecule has 1 atom stereocenters. The number of allylic oxidation sites excluding steroid dienone is 7. The van der Waals surface area contributed by atoms with Gasteiger partial charge in [-0.2, -0.15) is 0 Å². The predicted molar refractivity (Wildman–Crippen MR) is 141 cm³/mol. The summed E-state index contributed by atoms with van der Waals surface area (Å²) in [4.78, 5) is 1.20. The van der Waals surface area contributed by atoms with E-state index >= 15 is 0 Å². The maximum atomic E-state index is 8.40. The molecule has 0 aromatic carbocycles. The largest absolute Gasteiger partial charge is 0.324 e. The summed E-state index contributed by atoms with van der Waals surface area (Å²) in [5.74, 6) is 0. The first-order chi connectivity index (χ1) is 15.0. The van der Waals surface area contributed by atoms with Gasteiger partial charge in [-0.15, -0.1) is 11.3 Å². The quantitative estimate of drug-likeness (QED) is 0.413. The van der Waals surface area contributed by atoms with Gasteiger partial charge in [0.15, 0.2) is 0 Å². The summed E-state index contributed by atoms with van der Waals surface area (Å²) < 4.78 is 0.